The summed E-state index contributed by atoms with van der Waals surface area (Å²) < 4.78 is 0. The monoisotopic (exact) mass is 298 g/mol. The van der Waals surface area contributed by atoms with Crippen LogP contribution < -0.4 is 10.6 Å². The van der Waals surface area contributed by atoms with Gasteiger partial charge in [0.25, 0.3) is 5.91 Å². The Morgan fingerprint density at radius 2 is 1.82 bits per heavy atom. The molecule has 0 spiro atoms. The number of hydrogen-bond donors (Lipinski definition) is 3. The average molecular weight is 298 g/mol. The Hall–Kier alpha value is -2.33. The number of carbonyl (C=O) groups excluding carboxylic acids is 1. The second kappa shape index (κ2) is 7.61. The van der Waals surface area contributed by atoms with Crippen LogP contribution in [0.25, 0.3) is 0 Å². The summed E-state index contributed by atoms with van der Waals surface area (Å²) in [4.78, 5) is 12.0. The molecule has 0 aliphatic heterocycles. The van der Waals surface area contributed by atoms with Gasteiger partial charge in [0, 0.05) is 18.3 Å². The smallest absolute Gasteiger partial charge is 0.253 e. The van der Waals surface area contributed by atoms with Crippen molar-refractivity contribution in [1.29, 1.82) is 0 Å². The van der Waals surface area contributed by atoms with Crippen molar-refractivity contribution in [2.75, 3.05) is 5.32 Å². The predicted molar refractivity (Wildman–Crippen MR) is 88.4 cm³/mol. The maximum absolute atomic E-state index is 12.0. The van der Waals surface area contributed by atoms with Gasteiger partial charge in [0.15, 0.2) is 6.10 Å². The summed E-state index contributed by atoms with van der Waals surface area (Å²) in [6, 6.07) is 17.1. The number of anilines is 1. The molecule has 0 bridgehead atoms. The van der Waals surface area contributed by atoms with Crippen molar-refractivity contribution < 1.29 is 9.90 Å². The molecule has 0 unspecified atom stereocenters. The highest BCUT2D eigenvalue weighted by atomic mass is 16.3. The first kappa shape index (κ1) is 16.0. The van der Waals surface area contributed by atoms with E-state index in [1.165, 1.54) is 0 Å². The fourth-order valence-corrected chi connectivity index (χ4v) is 2.18. The summed E-state index contributed by atoms with van der Waals surface area (Å²) in [7, 11) is 0. The van der Waals surface area contributed by atoms with E-state index in [1.54, 1.807) is 24.3 Å². The van der Waals surface area contributed by atoms with E-state index in [-0.39, 0.29) is 0 Å². The Bertz CT molecular complexity index is 611. The molecule has 0 aromatic heterocycles. The van der Waals surface area contributed by atoms with Crippen molar-refractivity contribution >= 4 is 11.6 Å². The lowest BCUT2D eigenvalue weighted by atomic mass is 10.1. The molecule has 116 valence electrons. The molecule has 0 fully saturated rings. The number of benzene rings is 2. The molecule has 2 aromatic rings. The van der Waals surface area contributed by atoms with Gasteiger partial charge in [-0.05, 0) is 37.1 Å². The Kier molecular flexibility index (Phi) is 5.55. The first-order valence-corrected chi connectivity index (χ1v) is 7.42. The fourth-order valence-electron chi connectivity index (χ4n) is 2.18. The Morgan fingerprint density at radius 1 is 1.09 bits per heavy atom. The van der Waals surface area contributed by atoms with Gasteiger partial charge in [-0.2, -0.15) is 0 Å². The molecular weight excluding hydrogens is 276 g/mol. The van der Waals surface area contributed by atoms with Crippen LogP contribution in [-0.2, 0) is 11.3 Å². The lowest BCUT2D eigenvalue weighted by molar-refractivity contribution is -0.129. The van der Waals surface area contributed by atoms with Crippen LogP contribution in [0.15, 0.2) is 54.6 Å². The third kappa shape index (κ3) is 4.60. The summed E-state index contributed by atoms with van der Waals surface area (Å²) in [5.74, 6) is -0.395. The normalized spacial score (nSPS) is 12.0. The number of aliphatic hydroxyl groups is 1. The number of rotatable bonds is 6. The molecule has 2 aromatic carbocycles. The minimum atomic E-state index is -1.14. The zero-order valence-corrected chi connectivity index (χ0v) is 12.9. The minimum absolute atomic E-state index is 0.352. The van der Waals surface area contributed by atoms with Crippen molar-refractivity contribution in [2.24, 2.45) is 0 Å². The molecular formula is C18H22N2O2. The van der Waals surface area contributed by atoms with Crippen LogP contribution in [0.3, 0.4) is 0 Å². The van der Waals surface area contributed by atoms with Gasteiger partial charge in [-0.1, -0.05) is 42.5 Å². The Labute approximate surface area is 131 Å². The molecule has 0 aliphatic carbocycles. The van der Waals surface area contributed by atoms with E-state index in [0.717, 1.165) is 11.3 Å². The van der Waals surface area contributed by atoms with Crippen molar-refractivity contribution in [3.63, 3.8) is 0 Å². The predicted octanol–water partition coefficient (Wildman–Crippen LogP) is 2.86. The van der Waals surface area contributed by atoms with Crippen LogP contribution in [0.5, 0.6) is 0 Å². The van der Waals surface area contributed by atoms with Gasteiger partial charge in [0.05, 0.1) is 0 Å². The maximum Gasteiger partial charge on any atom is 0.253 e. The van der Waals surface area contributed by atoms with Crippen LogP contribution in [0.4, 0.5) is 5.69 Å². The van der Waals surface area contributed by atoms with Crippen LogP contribution in [0.1, 0.15) is 31.1 Å². The maximum atomic E-state index is 12.0. The van der Waals surface area contributed by atoms with Crippen LogP contribution in [0.2, 0.25) is 0 Å². The fraction of sp³-hybridized carbons (Fsp3) is 0.278. The van der Waals surface area contributed by atoms with Gasteiger partial charge in [-0.3, -0.25) is 4.79 Å². The Balaban J connectivity index is 1.93. The van der Waals surface area contributed by atoms with Crippen LogP contribution in [0, 0.1) is 0 Å². The van der Waals surface area contributed by atoms with Gasteiger partial charge >= 0.3 is 0 Å². The van der Waals surface area contributed by atoms with Gasteiger partial charge < -0.3 is 15.7 Å². The van der Waals surface area contributed by atoms with E-state index >= 15 is 0 Å². The zero-order valence-electron chi connectivity index (χ0n) is 12.9. The second-order valence-electron chi connectivity index (χ2n) is 5.53. The van der Waals surface area contributed by atoms with Gasteiger partial charge in [-0.15, -0.1) is 0 Å². The molecule has 4 nitrogen and oxygen atoms in total. The van der Waals surface area contributed by atoms with Crippen molar-refractivity contribution in [3.8, 4) is 0 Å². The number of nitrogens with one attached hydrogen (secondary N) is 2. The van der Waals surface area contributed by atoms with E-state index in [0.29, 0.717) is 18.2 Å². The molecule has 2 rings (SSSR count). The molecule has 1 atom stereocenters. The molecule has 3 N–H and O–H groups in total. The third-order valence-electron chi connectivity index (χ3n) is 3.21. The van der Waals surface area contributed by atoms with E-state index in [1.807, 2.05) is 30.3 Å². The van der Waals surface area contributed by atoms with E-state index in [4.69, 9.17) is 0 Å². The summed E-state index contributed by atoms with van der Waals surface area (Å²) >= 11 is 0. The van der Waals surface area contributed by atoms with Crippen LogP contribution >= 0.6 is 0 Å². The first-order valence-electron chi connectivity index (χ1n) is 7.42. The van der Waals surface area contributed by atoms with Gasteiger partial charge in [0.1, 0.15) is 0 Å². The minimum Gasteiger partial charge on any atom is -0.383 e. The van der Waals surface area contributed by atoms with Crippen molar-refractivity contribution in [2.45, 2.75) is 32.5 Å². The quantitative estimate of drug-likeness (QED) is 0.768. The summed E-state index contributed by atoms with van der Waals surface area (Å²) in [5, 5.41) is 16.1. The van der Waals surface area contributed by atoms with E-state index in [2.05, 4.69) is 24.5 Å². The average Bonchev–Trinajstić information content (AvgIpc) is 2.52. The highest BCUT2D eigenvalue weighted by molar-refractivity contribution is 5.81. The summed E-state index contributed by atoms with van der Waals surface area (Å²) in [6.45, 7) is 4.53. The molecule has 22 heavy (non-hydrogen) atoms. The molecule has 0 saturated carbocycles. The molecule has 0 aliphatic rings. The van der Waals surface area contributed by atoms with E-state index in [9.17, 15) is 9.90 Å². The van der Waals surface area contributed by atoms with Crippen LogP contribution in [-0.4, -0.2) is 17.1 Å². The third-order valence-corrected chi connectivity index (χ3v) is 3.21. The second-order valence-corrected chi connectivity index (χ2v) is 5.53. The zero-order chi connectivity index (χ0) is 15.9. The molecule has 1 amide bonds. The Morgan fingerprint density at radius 3 is 2.50 bits per heavy atom. The molecule has 4 heteroatoms. The van der Waals surface area contributed by atoms with Crippen molar-refractivity contribution in [3.05, 3.63) is 65.7 Å². The number of aliphatic hydroxyl groups excluding tert-OH is 1. The largest absolute Gasteiger partial charge is 0.383 e. The summed E-state index contributed by atoms with van der Waals surface area (Å²) in [6.07, 6.45) is -1.14. The van der Waals surface area contributed by atoms with E-state index < -0.39 is 12.0 Å². The lowest BCUT2D eigenvalue weighted by Gasteiger charge is -2.13. The van der Waals surface area contributed by atoms with Gasteiger partial charge in [-0.25, -0.2) is 0 Å². The first-order chi connectivity index (χ1) is 10.6. The SMILES string of the molecule is CC(C)Nc1cccc(CNC(=O)[C@@H](O)c2ccccc2)c1. The number of carbonyl (C=O) groups is 1. The topological polar surface area (TPSA) is 61.4 Å². The molecule has 0 saturated heterocycles. The molecule has 0 radical (unpaired) electrons. The standard InChI is InChI=1S/C18H22N2O2/c1-13(2)20-16-10-6-7-14(11-16)12-19-18(22)17(21)15-8-4-3-5-9-15/h3-11,13,17,20-21H,12H2,1-2H3,(H,19,22)/t17-/m0/s1. The molecule has 0 heterocycles. The van der Waals surface area contributed by atoms with Crippen molar-refractivity contribution in [1.82, 2.24) is 5.32 Å². The highest BCUT2D eigenvalue weighted by Gasteiger charge is 2.16. The lowest BCUT2D eigenvalue weighted by Crippen LogP contribution is -2.28. The highest BCUT2D eigenvalue weighted by Crippen LogP contribution is 2.14. The van der Waals surface area contributed by atoms with Gasteiger partial charge in [0.2, 0.25) is 0 Å². The summed E-state index contributed by atoms with van der Waals surface area (Å²) in [5.41, 5.74) is 2.60. The number of hydrogen-bond acceptors (Lipinski definition) is 3. The number of amides is 1.